The van der Waals surface area contributed by atoms with Crippen molar-refractivity contribution in [2.75, 3.05) is 31.0 Å². The molecule has 3 aromatic carbocycles. The Labute approximate surface area is 244 Å². The molecule has 220 valence electrons. The molecular weight excluding hydrogens is 538 g/mol. The summed E-state index contributed by atoms with van der Waals surface area (Å²) in [5, 5.41) is 2.90. The van der Waals surface area contributed by atoms with E-state index in [9.17, 15) is 18.0 Å². The van der Waals surface area contributed by atoms with Crippen LogP contribution in [-0.4, -0.2) is 57.9 Å². The summed E-state index contributed by atoms with van der Waals surface area (Å²) in [7, 11) is -2.72. The Hall–Kier alpha value is -3.85. The van der Waals surface area contributed by atoms with Crippen molar-refractivity contribution < 1.29 is 22.7 Å². The summed E-state index contributed by atoms with van der Waals surface area (Å²) in [4.78, 5) is 28.9. The fourth-order valence-electron chi connectivity index (χ4n) is 4.61. The van der Waals surface area contributed by atoms with Crippen LogP contribution in [-0.2, 0) is 26.0 Å². The number of hydrogen-bond acceptors (Lipinski definition) is 5. The largest absolute Gasteiger partial charge is 0.495 e. The van der Waals surface area contributed by atoms with Crippen LogP contribution in [0.5, 0.6) is 5.75 Å². The minimum Gasteiger partial charge on any atom is -0.495 e. The van der Waals surface area contributed by atoms with E-state index < -0.39 is 28.5 Å². The number of nitrogens with one attached hydrogen (secondary N) is 1. The smallest absolute Gasteiger partial charge is 0.264 e. The van der Waals surface area contributed by atoms with Gasteiger partial charge in [-0.05, 0) is 68.5 Å². The zero-order valence-electron chi connectivity index (χ0n) is 24.6. The van der Waals surface area contributed by atoms with Gasteiger partial charge in [0.25, 0.3) is 10.0 Å². The van der Waals surface area contributed by atoms with E-state index in [0.717, 1.165) is 27.4 Å². The number of anilines is 1. The Bertz CT molecular complexity index is 1410. The molecule has 3 rings (SSSR count). The highest BCUT2D eigenvalue weighted by molar-refractivity contribution is 7.92. The number of carbonyl (C=O) groups excluding carboxylic acids is 2. The SMILES string of the molecule is CCCNC(=O)C(CC)N(CCc1ccccc1)C(=O)CN(c1cc(C)ccc1OC)S(=O)(=O)c1ccc(C)cc1. The van der Waals surface area contributed by atoms with Crippen LogP contribution in [0.1, 0.15) is 43.4 Å². The zero-order chi connectivity index (χ0) is 30.0. The summed E-state index contributed by atoms with van der Waals surface area (Å²) in [6.07, 6.45) is 1.66. The van der Waals surface area contributed by atoms with Crippen molar-refractivity contribution in [1.82, 2.24) is 10.2 Å². The predicted octanol–water partition coefficient (Wildman–Crippen LogP) is 4.88. The molecule has 1 atom stereocenters. The zero-order valence-corrected chi connectivity index (χ0v) is 25.4. The number of ether oxygens (including phenoxy) is 1. The Balaban J connectivity index is 2.07. The highest BCUT2D eigenvalue weighted by atomic mass is 32.2. The van der Waals surface area contributed by atoms with Gasteiger partial charge in [0, 0.05) is 13.1 Å². The first-order valence-corrected chi connectivity index (χ1v) is 15.4. The maximum atomic E-state index is 14.1. The first-order chi connectivity index (χ1) is 19.6. The van der Waals surface area contributed by atoms with Crippen LogP contribution in [0.2, 0.25) is 0 Å². The van der Waals surface area contributed by atoms with Crippen LogP contribution in [0.25, 0.3) is 0 Å². The maximum Gasteiger partial charge on any atom is 0.264 e. The van der Waals surface area contributed by atoms with Gasteiger partial charge in [-0.3, -0.25) is 13.9 Å². The molecule has 0 aliphatic carbocycles. The number of benzene rings is 3. The molecule has 1 unspecified atom stereocenters. The first-order valence-electron chi connectivity index (χ1n) is 14.0. The molecule has 0 heterocycles. The molecule has 0 aliphatic heterocycles. The van der Waals surface area contributed by atoms with Gasteiger partial charge in [-0.2, -0.15) is 0 Å². The second-order valence-corrected chi connectivity index (χ2v) is 11.9. The van der Waals surface area contributed by atoms with Gasteiger partial charge in [-0.15, -0.1) is 0 Å². The molecule has 1 N–H and O–H groups in total. The van der Waals surface area contributed by atoms with Crippen LogP contribution in [0.4, 0.5) is 5.69 Å². The van der Waals surface area contributed by atoms with Crippen molar-refractivity contribution in [3.05, 3.63) is 89.5 Å². The molecule has 0 radical (unpaired) electrons. The van der Waals surface area contributed by atoms with E-state index in [4.69, 9.17) is 4.74 Å². The summed E-state index contributed by atoms with van der Waals surface area (Å²) in [5.41, 5.74) is 2.99. The molecule has 0 bridgehead atoms. The fraction of sp³-hybridized carbons (Fsp3) is 0.375. The van der Waals surface area contributed by atoms with E-state index in [0.29, 0.717) is 25.1 Å². The predicted molar refractivity (Wildman–Crippen MR) is 163 cm³/mol. The third-order valence-electron chi connectivity index (χ3n) is 6.91. The van der Waals surface area contributed by atoms with Crippen LogP contribution >= 0.6 is 0 Å². The Morgan fingerprint density at radius 2 is 1.59 bits per heavy atom. The Morgan fingerprint density at radius 3 is 2.20 bits per heavy atom. The minimum absolute atomic E-state index is 0.0584. The number of sulfonamides is 1. The maximum absolute atomic E-state index is 14.1. The van der Waals surface area contributed by atoms with Gasteiger partial charge in [0.1, 0.15) is 18.3 Å². The molecule has 0 spiro atoms. The van der Waals surface area contributed by atoms with E-state index in [1.165, 1.54) is 24.1 Å². The molecule has 9 heteroatoms. The van der Waals surface area contributed by atoms with Crippen LogP contribution in [0.3, 0.4) is 0 Å². The van der Waals surface area contributed by atoms with Crippen molar-refractivity contribution >= 4 is 27.5 Å². The first kappa shape index (κ1) is 31.7. The average Bonchev–Trinajstić information content (AvgIpc) is 2.97. The lowest BCUT2D eigenvalue weighted by Gasteiger charge is -2.33. The second-order valence-electron chi connectivity index (χ2n) is 10.0. The van der Waals surface area contributed by atoms with Crippen molar-refractivity contribution in [3.8, 4) is 5.75 Å². The highest BCUT2D eigenvalue weighted by Gasteiger charge is 2.34. The Morgan fingerprint density at radius 1 is 0.927 bits per heavy atom. The van der Waals surface area contributed by atoms with E-state index in [-0.39, 0.29) is 23.0 Å². The normalized spacial score (nSPS) is 11.9. The molecule has 0 saturated carbocycles. The van der Waals surface area contributed by atoms with Crippen molar-refractivity contribution in [3.63, 3.8) is 0 Å². The lowest BCUT2D eigenvalue weighted by molar-refractivity contribution is -0.139. The quantitative estimate of drug-likeness (QED) is 0.294. The summed E-state index contributed by atoms with van der Waals surface area (Å²) >= 11 is 0. The van der Waals surface area contributed by atoms with Crippen LogP contribution < -0.4 is 14.4 Å². The summed E-state index contributed by atoms with van der Waals surface area (Å²) in [6, 6.07) is 20.6. The molecule has 8 nitrogen and oxygen atoms in total. The van der Waals surface area contributed by atoms with Crippen molar-refractivity contribution in [1.29, 1.82) is 0 Å². The van der Waals surface area contributed by atoms with Crippen molar-refractivity contribution in [2.24, 2.45) is 0 Å². The monoisotopic (exact) mass is 579 g/mol. The van der Waals surface area contributed by atoms with E-state index >= 15 is 0 Å². The van der Waals surface area contributed by atoms with Gasteiger partial charge in [0.05, 0.1) is 17.7 Å². The van der Waals surface area contributed by atoms with Crippen LogP contribution in [0.15, 0.2) is 77.7 Å². The van der Waals surface area contributed by atoms with E-state index in [1.807, 2.05) is 64.1 Å². The summed E-state index contributed by atoms with van der Waals surface area (Å²) in [6.45, 7) is 7.78. The molecule has 2 amide bonds. The number of carbonyl (C=O) groups is 2. The molecule has 0 saturated heterocycles. The van der Waals surface area contributed by atoms with E-state index in [1.54, 1.807) is 24.3 Å². The lowest BCUT2D eigenvalue weighted by atomic mass is 10.1. The fourth-order valence-corrected chi connectivity index (χ4v) is 6.02. The third kappa shape index (κ3) is 8.10. The molecule has 41 heavy (non-hydrogen) atoms. The second kappa shape index (κ2) is 14.7. The topological polar surface area (TPSA) is 96.0 Å². The summed E-state index contributed by atoms with van der Waals surface area (Å²) in [5.74, 6) is -0.404. The van der Waals surface area contributed by atoms with Gasteiger partial charge < -0.3 is 15.0 Å². The van der Waals surface area contributed by atoms with Gasteiger partial charge in [-0.1, -0.05) is 67.9 Å². The molecule has 0 aromatic heterocycles. The highest BCUT2D eigenvalue weighted by Crippen LogP contribution is 2.33. The Kier molecular flexibility index (Phi) is 11.3. The minimum atomic E-state index is -4.18. The van der Waals surface area contributed by atoms with Gasteiger partial charge >= 0.3 is 0 Å². The number of amides is 2. The molecule has 0 aliphatic rings. The van der Waals surface area contributed by atoms with Gasteiger partial charge in [0.2, 0.25) is 11.8 Å². The number of hydrogen-bond donors (Lipinski definition) is 1. The summed E-state index contributed by atoms with van der Waals surface area (Å²) < 4.78 is 34.8. The molecule has 0 fully saturated rings. The lowest BCUT2D eigenvalue weighted by Crippen LogP contribution is -2.53. The van der Waals surface area contributed by atoms with Crippen LogP contribution in [0, 0.1) is 13.8 Å². The molecule has 3 aromatic rings. The number of aryl methyl sites for hydroxylation is 2. The number of nitrogens with zero attached hydrogens (tertiary/aromatic N) is 2. The number of rotatable bonds is 14. The van der Waals surface area contributed by atoms with E-state index in [2.05, 4.69) is 5.32 Å². The molecular formula is C32H41N3O5S. The number of methoxy groups -OCH3 is 1. The van der Waals surface area contributed by atoms with Gasteiger partial charge in [0.15, 0.2) is 0 Å². The van der Waals surface area contributed by atoms with Gasteiger partial charge in [-0.25, -0.2) is 8.42 Å². The standard InChI is InChI=1S/C32H41N3O5S/c1-6-20-33-32(37)28(7-2)34(21-19-26-11-9-8-10-12-26)31(36)23-35(29-22-25(4)15-18-30(29)40-5)41(38,39)27-16-13-24(3)14-17-27/h8-18,22,28H,6-7,19-21,23H2,1-5H3,(H,33,37). The average molecular weight is 580 g/mol. The third-order valence-corrected chi connectivity index (χ3v) is 8.68. The van der Waals surface area contributed by atoms with Crippen molar-refractivity contribution in [2.45, 2.75) is 57.9 Å².